The summed E-state index contributed by atoms with van der Waals surface area (Å²) in [5.41, 5.74) is 0.530. The van der Waals surface area contributed by atoms with E-state index < -0.39 is 15.7 Å². The van der Waals surface area contributed by atoms with Gasteiger partial charge in [0.1, 0.15) is 10.7 Å². The van der Waals surface area contributed by atoms with E-state index in [0.29, 0.717) is 12.0 Å². The molecule has 21 heavy (non-hydrogen) atoms. The minimum atomic E-state index is -3.58. The predicted molar refractivity (Wildman–Crippen MR) is 79.2 cm³/mol. The monoisotopic (exact) mass is 316 g/mol. The molecule has 1 amide bonds. The number of nitrogens with one attached hydrogen (secondary N) is 2. The summed E-state index contributed by atoms with van der Waals surface area (Å²) in [6.07, 6.45) is 2.06. The van der Waals surface area contributed by atoms with E-state index >= 15 is 0 Å². The summed E-state index contributed by atoms with van der Waals surface area (Å²) >= 11 is 0. The molecule has 1 aromatic carbocycles. The molecule has 0 saturated heterocycles. The van der Waals surface area contributed by atoms with Gasteiger partial charge in [0.15, 0.2) is 9.84 Å². The minimum absolute atomic E-state index is 0.120. The van der Waals surface area contributed by atoms with Gasteiger partial charge in [0.2, 0.25) is 5.91 Å². The van der Waals surface area contributed by atoms with Crippen molar-refractivity contribution in [3.8, 4) is 0 Å². The number of carbonyl (C=O) groups is 1. The van der Waals surface area contributed by atoms with E-state index in [9.17, 15) is 17.6 Å². The van der Waals surface area contributed by atoms with Crippen molar-refractivity contribution in [1.82, 2.24) is 10.6 Å². The highest BCUT2D eigenvalue weighted by atomic mass is 32.2. The van der Waals surface area contributed by atoms with Crippen LogP contribution in [-0.2, 0) is 14.6 Å². The molecule has 0 bridgehead atoms. The van der Waals surface area contributed by atoms with E-state index in [1.807, 2.05) is 7.05 Å². The van der Waals surface area contributed by atoms with Crippen LogP contribution in [0.25, 0.3) is 0 Å². The van der Waals surface area contributed by atoms with Gasteiger partial charge in [-0.1, -0.05) is 6.07 Å². The van der Waals surface area contributed by atoms with Crippen molar-refractivity contribution in [2.45, 2.75) is 30.7 Å². The topological polar surface area (TPSA) is 75.3 Å². The predicted octanol–water partition coefficient (Wildman–Crippen LogP) is 1.41. The third-order valence-electron chi connectivity index (χ3n) is 3.06. The smallest absolute Gasteiger partial charge is 0.220 e. The highest BCUT2D eigenvalue weighted by molar-refractivity contribution is 7.90. The quantitative estimate of drug-likeness (QED) is 0.746. The van der Waals surface area contributed by atoms with Crippen molar-refractivity contribution in [2.24, 2.45) is 0 Å². The molecule has 0 spiro atoms. The number of rotatable bonds is 7. The fraction of sp³-hybridized carbons (Fsp3) is 0.500. The molecule has 0 aliphatic carbocycles. The molecule has 0 aromatic heterocycles. The van der Waals surface area contributed by atoms with Crippen LogP contribution in [0.1, 0.15) is 31.4 Å². The molecule has 1 rings (SSSR count). The zero-order chi connectivity index (χ0) is 16.0. The van der Waals surface area contributed by atoms with Crippen LogP contribution in [0.3, 0.4) is 0 Å². The van der Waals surface area contributed by atoms with Gasteiger partial charge in [-0.3, -0.25) is 4.79 Å². The molecule has 2 N–H and O–H groups in total. The molecule has 0 fully saturated rings. The normalized spacial score (nSPS) is 13.0. The number of halogens is 1. The summed E-state index contributed by atoms with van der Waals surface area (Å²) in [6, 6.07) is 3.51. The second kappa shape index (κ2) is 7.51. The minimum Gasteiger partial charge on any atom is -0.350 e. The maximum atomic E-state index is 13.8. The largest absolute Gasteiger partial charge is 0.350 e. The first-order valence-corrected chi connectivity index (χ1v) is 8.58. The fourth-order valence-electron chi connectivity index (χ4n) is 1.91. The summed E-state index contributed by atoms with van der Waals surface area (Å²) in [7, 11) is -1.77. The summed E-state index contributed by atoms with van der Waals surface area (Å²) in [5, 5.41) is 5.71. The average molecular weight is 316 g/mol. The number of sulfone groups is 1. The van der Waals surface area contributed by atoms with Gasteiger partial charge < -0.3 is 10.6 Å². The van der Waals surface area contributed by atoms with Gasteiger partial charge >= 0.3 is 0 Å². The Labute approximate surface area is 124 Å². The molecule has 0 saturated carbocycles. The Morgan fingerprint density at radius 3 is 2.57 bits per heavy atom. The zero-order valence-electron chi connectivity index (χ0n) is 12.4. The molecule has 5 nitrogen and oxygen atoms in total. The second-order valence-electron chi connectivity index (χ2n) is 4.96. The van der Waals surface area contributed by atoms with Crippen molar-refractivity contribution >= 4 is 15.7 Å². The number of benzene rings is 1. The number of carbonyl (C=O) groups excluding carboxylic acids is 1. The summed E-state index contributed by atoms with van der Waals surface area (Å²) in [5.74, 6) is -0.920. The fourth-order valence-corrected chi connectivity index (χ4v) is 2.64. The van der Waals surface area contributed by atoms with Crippen molar-refractivity contribution in [3.63, 3.8) is 0 Å². The molecule has 0 heterocycles. The van der Waals surface area contributed by atoms with Crippen LogP contribution in [0.5, 0.6) is 0 Å². The number of hydrogen-bond acceptors (Lipinski definition) is 4. The van der Waals surface area contributed by atoms with Gasteiger partial charge in [0, 0.05) is 12.7 Å². The van der Waals surface area contributed by atoms with Crippen molar-refractivity contribution in [2.75, 3.05) is 19.8 Å². The molecule has 0 aliphatic rings. The number of hydrogen-bond donors (Lipinski definition) is 2. The maximum Gasteiger partial charge on any atom is 0.220 e. The van der Waals surface area contributed by atoms with Crippen LogP contribution in [0.15, 0.2) is 23.1 Å². The second-order valence-corrected chi connectivity index (χ2v) is 6.94. The Hall–Kier alpha value is -1.47. The Morgan fingerprint density at radius 1 is 1.38 bits per heavy atom. The summed E-state index contributed by atoms with van der Waals surface area (Å²) in [4.78, 5) is 11.3. The van der Waals surface area contributed by atoms with E-state index in [1.165, 1.54) is 12.1 Å². The third kappa shape index (κ3) is 5.43. The Balaban J connectivity index is 2.73. The first-order chi connectivity index (χ1) is 9.75. The van der Waals surface area contributed by atoms with Crippen molar-refractivity contribution < 1.29 is 17.6 Å². The van der Waals surface area contributed by atoms with Crippen LogP contribution in [0.2, 0.25) is 0 Å². The van der Waals surface area contributed by atoms with E-state index in [-0.39, 0.29) is 16.8 Å². The Morgan fingerprint density at radius 2 is 2.05 bits per heavy atom. The van der Waals surface area contributed by atoms with Crippen LogP contribution < -0.4 is 10.6 Å². The SMILES string of the molecule is CNCCCC(=O)NC(C)c1ccc(S(C)(=O)=O)c(F)c1. The van der Waals surface area contributed by atoms with Crippen LogP contribution in [0.4, 0.5) is 4.39 Å². The molecule has 1 unspecified atom stereocenters. The van der Waals surface area contributed by atoms with E-state index in [2.05, 4.69) is 10.6 Å². The van der Waals surface area contributed by atoms with Gasteiger partial charge in [-0.15, -0.1) is 0 Å². The van der Waals surface area contributed by atoms with Crippen LogP contribution in [-0.4, -0.2) is 34.2 Å². The lowest BCUT2D eigenvalue weighted by Crippen LogP contribution is -2.27. The van der Waals surface area contributed by atoms with Gasteiger partial charge in [0.25, 0.3) is 0 Å². The lowest BCUT2D eigenvalue weighted by atomic mass is 10.1. The van der Waals surface area contributed by atoms with Crippen LogP contribution in [0, 0.1) is 5.82 Å². The zero-order valence-corrected chi connectivity index (χ0v) is 13.3. The highest BCUT2D eigenvalue weighted by Gasteiger charge is 2.16. The van der Waals surface area contributed by atoms with E-state index in [1.54, 1.807) is 6.92 Å². The van der Waals surface area contributed by atoms with Gasteiger partial charge in [-0.05, 0) is 44.6 Å². The van der Waals surface area contributed by atoms with Crippen LogP contribution >= 0.6 is 0 Å². The molecular formula is C14H21FN2O3S. The number of amides is 1. The molecule has 0 radical (unpaired) electrons. The third-order valence-corrected chi connectivity index (χ3v) is 4.19. The molecule has 1 atom stereocenters. The first-order valence-electron chi connectivity index (χ1n) is 6.69. The van der Waals surface area contributed by atoms with Crippen molar-refractivity contribution in [1.29, 1.82) is 0 Å². The lowest BCUT2D eigenvalue weighted by Gasteiger charge is -2.15. The summed E-state index contributed by atoms with van der Waals surface area (Å²) < 4.78 is 36.5. The van der Waals surface area contributed by atoms with Gasteiger partial charge in [-0.2, -0.15) is 0 Å². The van der Waals surface area contributed by atoms with E-state index in [0.717, 1.165) is 25.3 Å². The first kappa shape index (κ1) is 17.6. The molecular weight excluding hydrogens is 295 g/mol. The highest BCUT2D eigenvalue weighted by Crippen LogP contribution is 2.20. The molecule has 118 valence electrons. The Kier molecular flexibility index (Phi) is 6.29. The van der Waals surface area contributed by atoms with Gasteiger partial charge in [0.05, 0.1) is 6.04 Å². The Bertz CT molecular complexity index is 602. The average Bonchev–Trinajstić information content (AvgIpc) is 2.37. The van der Waals surface area contributed by atoms with Gasteiger partial charge in [-0.25, -0.2) is 12.8 Å². The van der Waals surface area contributed by atoms with E-state index in [4.69, 9.17) is 0 Å². The molecule has 0 aliphatic heterocycles. The molecule has 1 aromatic rings. The standard InChI is InChI=1S/C14H21FN2O3S/c1-10(17-14(18)5-4-8-16-2)11-6-7-13(12(15)9-11)21(3,19)20/h6-7,9-10,16H,4-5,8H2,1-3H3,(H,17,18). The summed E-state index contributed by atoms with van der Waals surface area (Å²) in [6.45, 7) is 2.48. The lowest BCUT2D eigenvalue weighted by molar-refractivity contribution is -0.121. The molecule has 7 heteroatoms. The van der Waals surface area contributed by atoms with Crippen molar-refractivity contribution in [3.05, 3.63) is 29.6 Å². The maximum absolute atomic E-state index is 13.8.